The Morgan fingerprint density at radius 1 is 1.71 bits per heavy atom. The number of alkyl halides is 1. The second-order valence-electron chi connectivity index (χ2n) is 0.394. The lowest BCUT2D eigenvalue weighted by atomic mass is 11.8. The molecule has 0 atom stereocenters. The largest absolute Gasteiger partial charge is 0.316 e. The van der Waals surface area contributed by atoms with E-state index >= 15 is 0 Å². The van der Waals surface area contributed by atoms with Gasteiger partial charge >= 0.3 is 0 Å². The lowest BCUT2D eigenvalue weighted by Crippen LogP contribution is -1.62. The van der Waals surface area contributed by atoms with E-state index in [0.717, 1.165) is 12.0 Å². The zero-order valence-electron chi connectivity index (χ0n) is 3.66. The summed E-state index contributed by atoms with van der Waals surface area (Å²) in [6, 6.07) is -0.462. The van der Waals surface area contributed by atoms with Crippen molar-refractivity contribution in [2.75, 3.05) is 13.1 Å². The molecule has 0 rings (SSSR count). The first-order valence-corrected chi connectivity index (χ1v) is 3.33. The highest BCUT2D eigenvalue weighted by molar-refractivity contribution is 7.94. The van der Waals surface area contributed by atoms with Crippen molar-refractivity contribution in [3.05, 3.63) is 0 Å². The molecule has 0 aliphatic carbocycles. The first kappa shape index (κ1) is 10.7. The molecule has 46 valence electrons. The molecule has 0 radical (unpaired) electrons. The van der Waals surface area contributed by atoms with Gasteiger partial charge in [0.05, 0.1) is 7.11 Å². The van der Waals surface area contributed by atoms with Crippen LogP contribution in [0.2, 0.25) is 0 Å². The summed E-state index contributed by atoms with van der Waals surface area (Å²) in [5.74, 6) is 0. The Kier molecular flexibility index (Phi) is 24.3. The van der Waals surface area contributed by atoms with Crippen molar-refractivity contribution in [3.63, 3.8) is 0 Å². The Labute approximate surface area is 55.9 Å². The first-order valence-electron chi connectivity index (χ1n) is 1.27. The van der Waals surface area contributed by atoms with Crippen LogP contribution >= 0.6 is 33.8 Å². The number of halogens is 3. The maximum atomic E-state index is 10.8. The summed E-state index contributed by atoms with van der Waals surface area (Å²) in [6.45, 7) is 0. The van der Waals surface area contributed by atoms with Gasteiger partial charge in [-0.25, -0.2) is 4.39 Å². The topological polar surface area (TPSA) is 9.23 Å². The summed E-state index contributed by atoms with van der Waals surface area (Å²) in [7, 11) is 9.66. The van der Waals surface area contributed by atoms with Crippen molar-refractivity contribution in [2.24, 2.45) is 0 Å². The third-order valence-corrected chi connectivity index (χ3v) is 0.487. The van der Waals surface area contributed by atoms with Crippen LogP contribution in [-0.4, -0.2) is 13.1 Å². The van der Waals surface area contributed by atoms with Crippen molar-refractivity contribution < 1.29 is 8.57 Å². The zero-order valence-corrected chi connectivity index (χ0v) is 5.99. The molecule has 0 fully saturated rings. The molecule has 1 nitrogen and oxygen atoms in total. The molecule has 0 saturated heterocycles. The van der Waals surface area contributed by atoms with Crippen molar-refractivity contribution in [1.82, 2.24) is 0 Å². The second-order valence-corrected chi connectivity index (χ2v) is 1.18. The fraction of sp³-hybridized carbons (Fsp3) is 1.00. The Hall–Kier alpha value is 0.820. The Balaban J connectivity index is 0. The van der Waals surface area contributed by atoms with E-state index in [-0.39, 0.29) is 0 Å². The number of hydrogen-bond acceptors (Lipinski definition) is 2. The molecule has 0 aliphatic heterocycles. The van der Waals surface area contributed by atoms with E-state index in [0.29, 0.717) is 0 Å². The molecule has 0 aromatic rings. The van der Waals surface area contributed by atoms with Gasteiger partial charge < -0.3 is 4.18 Å². The molecule has 0 unspecified atom stereocenters. The summed E-state index contributed by atoms with van der Waals surface area (Å²) in [5.41, 5.74) is 0. The maximum Gasteiger partial charge on any atom is 0.161 e. The number of hydrogen-bond donors (Lipinski definition) is 0. The van der Waals surface area contributed by atoms with E-state index in [1.54, 1.807) is 0 Å². The molecular formula is C2H5Cl2FOS. The predicted molar refractivity (Wildman–Crippen MR) is 32.3 cm³/mol. The molecule has 7 heavy (non-hydrogen) atoms. The minimum Gasteiger partial charge on any atom is -0.316 e. The van der Waals surface area contributed by atoms with Gasteiger partial charge in [0.2, 0.25) is 0 Å². The van der Waals surface area contributed by atoms with Crippen LogP contribution < -0.4 is 0 Å². The summed E-state index contributed by atoms with van der Waals surface area (Å²) in [5, 5.41) is 0. The first-order chi connectivity index (χ1) is 3.41. The second kappa shape index (κ2) is 15.8. The van der Waals surface area contributed by atoms with Crippen LogP contribution in [0.3, 0.4) is 0 Å². The van der Waals surface area contributed by atoms with Crippen molar-refractivity contribution in [2.45, 2.75) is 0 Å². The van der Waals surface area contributed by atoms with Crippen LogP contribution in [-0.2, 0) is 4.18 Å². The highest BCUT2D eigenvalue weighted by Gasteiger charge is 1.71. The van der Waals surface area contributed by atoms with E-state index in [4.69, 9.17) is 0 Å². The van der Waals surface area contributed by atoms with Gasteiger partial charge in [-0.2, -0.15) is 0 Å². The van der Waals surface area contributed by atoms with Crippen molar-refractivity contribution in [3.8, 4) is 0 Å². The third kappa shape index (κ3) is 19.9. The molecule has 0 aliphatic rings. The molecule has 0 N–H and O–H groups in total. The van der Waals surface area contributed by atoms with Gasteiger partial charge in [-0.1, -0.05) is 0 Å². The molecule has 0 spiro atoms. The molecule has 0 heterocycles. The summed E-state index contributed by atoms with van der Waals surface area (Å²) >= 11 is 0.796. The summed E-state index contributed by atoms with van der Waals surface area (Å²) in [6.07, 6.45) is 0. The van der Waals surface area contributed by atoms with Gasteiger partial charge in [-0.05, 0) is 0 Å². The van der Waals surface area contributed by atoms with E-state index in [1.807, 2.05) is 0 Å². The quantitative estimate of drug-likeness (QED) is 0.584. The van der Waals surface area contributed by atoms with Crippen LogP contribution in [0.15, 0.2) is 0 Å². The fourth-order valence-electron chi connectivity index (χ4n) is 0.0445. The maximum absolute atomic E-state index is 10.8. The van der Waals surface area contributed by atoms with E-state index in [1.165, 1.54) is 7.11 Å². The Bertz CT molecular complexity index is 23.2. The summed E-state index contributed by atoms with van der Waals surface area (Å²) < 4.78 is 15.1. The number of rotatable bonds is 2. The SMILES string of the molecule is COSCF.ClCl. The Morgan fingerprint density at radius 3 is 2.14 bits per heavy atom. The van der Waals surface area contributed by atoms with E-state index < -0.39 is 6.01 Å². The van der Waals surface area contributed by atoms with Crippen LogP contribution in [0.5, 0.6) is 0 Å². The van der Waals surface area contributed by atoms with E-state index in [9.17, 15) is 4.39 Å². The molecule has 5 heteroatoms. The van der Waals surface area contributed by atoms with Gasteiger partial charge in [0.1, 0.15) is 0 Å². The van der Waals surface area contributed by atoms with Gasteiger partial charge in [0.15, 0.2) is 6.01 Å². The molecule has 0 aromatic carbocycles. The van der Waals surface area contributed by atoms with Crippen molar-refractivity contribution >= 4 is 33.8 Å². The summed E-state index contributed by atoms with van der Waals surface area (Å²) in [4.78, 5) is 0. The van der Waals surface area contributed by atoms with Crippen LogP contribution in [0, 0.1) is 0 Å². The third-order valence-electron chi connectivity index (χ3n) is 0.162. The zero-order chi connectivity index (χ0) is 6.12. The fourth-order valence-corrected chi connectivity index (χ4v) is 0.134. The molecule has 0 bridgehead atoms. The minimum absolute atomic E-state index is 0.462. The highest BCUT2D eigenvalue weighted by Crippen LogP contribution is 1.96. The Morgan fingerprint density at radius 2 is 2.14 bits per heavy atom. The standard InChI is InChI=1S/C2H5FOS.Cl2/c1-4-5-2-3;1-2/h2H2,1H3;. The molecule has 0 aromatic heterocycles. The smallest absolute Gasteiger partial charge is 0.161 e. The van der Waals surface area contributed by atoms with Gasteiger partial charge in [0.25, 0.3) is 0 Å². The highest BCUT2D eigenvalue weighted by atomic mass is 36.5. The molecular weight excluding hydrogens is 162 g/mol. The van der Waals surface area contributed by atoms with Crippen LogP contribution in [0.25, 0.3) is 0 Å². The lowest BCUT2D eigenvalue weighted by Gasteiger charge is -1.80. The van der Waals surface area contributed by atoms with Gasteiger partial charge in [-0.15, -0.1) is 0 Å². The van der Waals surface area contributed by atoms with Crippen molar-refractivity contribution in [1.29, 1.82) is 0 Å². The van der Waals surface area contributed by atoms with Gasteiger partial charge in [-0.3, -0.25) is 0 Å². The van der Waals surface area contributed by atoms with Crippen LogP contribution in [0.1, 0.15) is 0 Å². The molecule has 0 saturated carbocycles. The average molecular weight is 167 g/mol. The predicted octanol–water partition coefficient (Wildman–Crippen LogP) is 2.59. The van der Waals surface area contributed by atoms with Crippen LogP contribution in [0.4, 0.5) is 4.39 Å². The molecule has 0 amide bonds. The normalized spacial score (nSPS) is 6.86. The lowest BCUT2D eigenvalue weighted by molar-refractivity contribution is 0.472. The average Bonchev–Trinajstić information content (AvgIpc) is 1.75. The monoisotopic (exact) mass is 166 g/mol. The minimum atomic E-state index is -0.462. The van der Waals surface area contributed by atoms with Gasteiger partial charge in [0, 0.05) is 33.8 Å². The van der Waals surface area contributed by atoms with E-state index in [2.05, 4.69) is 25.9 Å².